The summed E-state index contributed by atoms with van der Waals surface area (Å²) in [4.78, 5) is 0. The van der Waals surface area contributed by atoms with Crippen molar-refractivity contribution in [3.05, 3.63) is 53.3 Å². The lowest BCUT2D eigenvalue weighted by Crippen LogP contribution is -2.27. The van der Waals surface area contributed by atoms with Crippen molar-refractivity contribution in [2.75, 3.05) is 13.6 Å². The molecule has 3 heteroatoms. The zero-order valence-electron chi connectivity index (χ0n) is 11.7. The van der Waals surface area contributed by atoms with Crippen LogP contribution in [0.2, 0.25) is 0 Å². The molecule has 0 bridgehead atoms. The van der Waals surface area contributed by atoms with E-state index in [2.05, 4.69) is 24.4 Å². The number of hydrogen-bond donors (Lipinski definition) is 1. The zero-order chi connectivity index (χ0) is 14.1. The van der Waals surface area contributed by atoms with Crippen molar-refractivity contribution in [3.8, 4) is 16.9 Å². The summed E-state index contributed by atoms with van der Waals surface area (Å²) in [6.45, 7) is 2.91. The van der Waals surface area contributed by atoms with E-state index in [1.54, 1.807) is 12.1 Å². The van der Waals surface area contributed by atoms with Gasteiger partial charge in [-0.15, -0.1) is 0 Å². The third-order valence-electron chi connectivity index (χ3n) is 3.63. The van der Waals surface area contributed by atoms with Crippen LogP contribution in [0.3, 0.4) is 0 Å². The molecule has 0 saturated carbocycles. The number of rotatable bonds is 3. The number of ether oxygens (including phenoxy) is 1. The Hall–Kier alpha value is -1.87. The van der Waals surface area contributed by atoms with Crippen molar-refractivity contribution in [2.24, 2.45) is 0 Å². The van der Waals surface area contributed by atoms with Crippen LogP contribution in [-0.2, 0) is 6.42 Å². The van der Waals surface area contributed by atoms with Crippen molar-refractivity contribution in [1.82, 2.24) is 5.32 Å². The van der Waals surface area contributed by atoms with E-state index in [4.69, 9.17) is 4.74 Å². The first-order valence-electron chi connectivity index (χ1n) is 6.88. The van der Waals surface area contributed by atoms with Crippen LogP contribution in [0.5, 0.6) is 5.75 Å². The highest BCUT2D eigenvalue weighted by molar-refractivity contribution is 5.74. The topological polar surface area (TPSA) is 21.3 Å². The third-order valence-corrected chi connectivity index (χ3v) is 3.63. The van der Waals surface area contributed by atoms with Gasteiger partial charge in [-0.3, -0.25) is 0 Å². The molecule has 0 unspecified atom stereocenters. The molecule has 1 aliphatic rings. The van der Waals surface area contributed by atoms with Crippen molar-refractivity contribution in [2.45, 2.75) is 19.4 Å². The van der Waals surface area contributed by atoms with E-state index in [0.29, 0.717) is 0 Å². The lowest BCUT2D eigenvalue weighted by atomic mass is 9.98. The number of halogens is 1. The molecule has 2 nitrogen and oxygen atoms in total. The van der Waals surface area contributed by atoms with Crippen LogP contribution in [0.1, 0.15) is 11.1 Å². The first kappa shape index (κ1) is 13.1. The monoisotopic (exact) mass is 271 g/mol. The predicted octanol–water partition coefficient (Wildman–Crippen LogP) is 3.32. The SMILES string of the molecule is CNC[C@@H]1Cc2cc(C)cc(-c3ccc(F)cc3)c2O1. The van der Waals surface area contributed by atoms with Gasteiger partial charge in [-0.25, -0.2) is 4.39 Å². The van der Waals surface area contributed by atoms with Gasteiger partial charge in [-0.2, -0.15) is 0 Å². The Labute approximate surface area is 118 Å². The maximum Gasteiger partial charge on any atom is 0.130 e. The van der Waals surface area contributed by atoms with Crippen LogP contribution in [0.4, 0.5) is 4.39 Å². The van der Waals surface area contributed by atoms with Gasteiger partial charge in [0.15, 0.2) is 0 Å². The van der Waals surface area contributed by atoms with Crippen LogP contribution < -0.4 is 10.1 Å². The number of fused-ring (bicyclic) bond motifs is 1. The molecule has 2 aromatic carbocycles. The summed E-state index contributed by atoms with van der Waals surface area (Å²) in [6.07, 6.45) is 1.10. The fraction of sp³-hybridized carbons (Fsp3) is 0.294. The molecule has 20 heavy (non-hydrogen) atoms. The van der Waals surface area contributed by atoms with E-state index < -0.39 is 0 Å². The van der Waals surface area contributed by atoms with E-state index >= 15 is 0 Å². The van der Waals surface area contributed by atoms with Crippen LogP contribution >= 0.6 is 0 Å². The average molecular weight is 271 g/mol. The molecule has 0 fully saturated rings. The van der Waals surface area contributed by atoms with Crippen molar-refractivity contribution in [3.63, 3.8) is 0 Å². The lowest BCUT2D eigenvalue weighted by molar-refractivity contribution is 0.232. The van der Waals surface area contributed by atoms with E-state index in [1.807, 2.05) is 7.05 Å². The van der Waals surface area contributed by atoms with Crippen molar-refractivity contribution >= 4 is 0 Å². The molecule has 2 aromatic rings. The molecular formula is C17H18FNO. The van der Waals surface area contributed by atoms with Crippen molar-refractivity contribution in [1.29, 1.82) is 0 Å². The highest BCUT2D eigenvalue weighted by Crippen LogP contribution is 2.39. The van der Waals surface area contributed by atoms with Gasteiger partial charge in [0.25, 0.3) is 0 Å². The Balaban J connectivity index is 2.03. The number of aryl methyl sites for hydroxylation is 1. The molecule has 1 atom stereocenters. The van der Waals surface area contributed by atoms with Gasteiger partial charge < -0.3 is 10.1 Å². The van der Waals surface area contributed by atoms with Gasteiger partial charge in [-0.1, -0.05) is 18.2 Å². The van der Waals surface area contributed by atoms with E-state index in [0.717, 1.165) is 29.8 Å². The third kappa shape index (κ3) is 2.41. The van der Waals surface area contributed by atoms with E-state index in [-0.39, 0.29) is 11.9 Å². The van der Waals surface area contributed by atoms with Gasteiger partial charge in [0.1, 0.15) is 17.7 Å². The van der Waals surface area contributed by atoms with Crippen LogP contribution in [-0.4, -0.2) is 19.7 Å². The summed E-state index contributed by atoms with van der Waals surface area (Å²) >= 11 is 0. The molecule has 0 amide bonds. The van der Waals surface area contributed by atoms with Gasteiger partial charge in [0, 0.05) is 18.5 Å². The Bertz CT molecular complexity index is 622. The Morgan fingerprint density at radius 3 is 2.70 bits per heavy atom. The first-order chi connectivity index (χ1) is 9.67. The summed E-state index contributed by atoms with van der Waals surface area (Å²) < 4.78 is 19.1. The van der Waals surface area contributed by atoms with Crippen LogP contribution in [0, 0.1) is 12.7 Å². The van der Waals surface area contributed by atoms with Gasteiger partial charge in [0.05, 0.1) is 0 Å². The maximum atomic E-state index is 13.1. The average Bonchev–Trinajstić information content (AvgIpc) is 2.81. The number of benzene rings is 2. The minimum atomic E-state index is -0.216. The van der Waals surface area contributed by atoms with Gasteiger partial charge in [-0.05, 0) is 48.9 Å². The maximum absolute atomic E-state index is 13.1. The lowest BCUT2D eigenvalue weighted by Gasteiger charge is -2.12. The van der Waals surface area contributed by atoms with Crippen molar-refractivity contribution < 1.29 is 9.13 Å². The van der Waals surface area contributed by atoms with E-state index in [1.165, 1.54) is 23.3 Å². The molecule has 0 radical (unpaired) electrons. The Morgan fingerprint density at radius 1 is 1.25 bits per heavy atom. The highest BCUT2D eigenvalue weighted by atomic mass is 19.1. The largest absolute Gasteiger partial charge is 0.488 e. The number of likely N-dealkylation sites (N-methyl/N-ethyl adjacent to an activating group) is 1. The first-order valence-corrected chi connectivity index (χ1v) is 6.88. The molecule has 1 aliphatic heterocycles. The Kier molecular flexibility index (Phi) is 3.45. The molecule has 104 valence electrons. The fourth-order valence-electron chi connectivity index (χ4n) is 2.78. The Morgan fingerprint density at radius 2 is 2.00 bits per heavy atom. The molecular weight excluding hydrogens is 253 g/mol. The molecule has 0 saturated heterocycles. The summed E-state index contributed by atoms with van der Waals surface area (Å²) in [7, 11) is 1.93. The smallest absolute Gasteiger partial charge is 0.130 e. The van der Waals surface area contributed by atoms with E-state index in [9.17, 15) is 4.39 Å². The molecule has 1 N–H and O–H groups in total. The number of hydrogen-bond acceptors (Lipinski definition) is 2. The fourth-order valence-corrected chi connectivity index (χ4v) is 2.78. The quantitative estimate of drug-likeness (QED) is 0.924. The summed E-state index contributed by atoms with van der Waals surface area (Å²) in [6, 6.07) is 10.9. The molecule has 0 spiro atoms. The summed E-state index contributed by atoms with van der Waals surface area (Å²) in [5, 5.41) is 3.15. The standard InChI is InChI=1S/C17H18FNO/c1-11-7-13-9-15(10-19-2)20-17(13)16(8-11)12-3-5-14(18)6-4-12/h3-8,15,19H,9-10H2,1-2H3/t15-/m0/s1. The normalized spacial score (nSPS) is 16.9. The second-order valence-electron chi connectivity index (χ2n) is 5.31. The molecule has 1 heterocycles. The molecule has 0 aliphatic carbocycles. The molecule has 0 aromatic heterocycles. The predicted molar refractivity (Wildman–Crippen MR) is 78.6 cm³/mol. The zero-order valence-corrected chi connectivity index (χ0v) is 11.7. The number of nitrogens with one attached hydrogen (secondary N) is 1. The second kappa shape index (κ2) is 5.25. The van der Waals surface area contributed by atoms with Crippen LogP contribution in [0.15, 0.2) is 36.4 Å². The summed E-state index contributed by atoms with van der Waals surface area (Å²) in [5.41, 5.74) is 4.50. The van der Waals surface area contributed by atoms with Gasteiger partial charge in [0.2, 0.25) is 0 Å². The minimum absolute atomic E-state index is 0.177. The second-order valence-corrected chi connectivity index (χ2v) is 5.31. The molecule has 3 rings (SSSR count). The van der Waals surface area contributed by atoms with Crippen LogP contribution in [0.25, 0.3) is 11.1 Å². The minimum Gasteiger partial charge on any atom is -0.488 e. The highest BCUT2D eigenvalue weighted by Gasteiger charge is 2.25. The summed E-state index contributed by atoms with van der Waals surface area (Å²) in [5.74, 6) is 0.731. The van der Waals surface area contributed by atoms with Gasteiger partial charge >= 0.3 is 0 Å².